The van der Waals surface area contributed by atoms with E-state index in [2.05, 4.69) is 9.97 Å². The summed E-state index contributed by atoms with van der Waals surface area (Å²) in [4.78, 5) is 20.6. The highest BCUT2D eigenvalue weighted by molar-refractivity contribution is 5.80. The Morgan fingerprint density at radius 3 is 2.04 bits per heavy atom. The van der Waals surface area contributed by atoms with Gasteiger partial charge in [-0.25, -0.2) is 0 Å². The lowest BCUT2D eigenvalue weighted by Crippen LogP contribution is -2.28. The molecule has 0 fully saturated rings. The fourth-order valence-corrected chi connectivity index (χ4v) is 1.69. The summed E-state index contributed by atoms with van der Waals surface area (Å²) in [6.45, 7) is 10.1. The Labute approximate surface area is 143 Å². The minimum absolute atomic E-state index is 0.0199. The van der Waals surface area contributed by atoms with Gasteiger partial charge in [0.15, 0.2) is 5.82 Å². The van der Waals surface area contributed by atoms with Crippen molar-refractivity contribution in [3.63, 3.8) is 0 Å². The Bertz CT molecular complexity index is 564. The minimum atomic E-state index is -1.24. The molecule has 0 N–H and O–H groups in total. The van der Waals surface area contributed by atoms with Crippen molar-refractivity contribution in [2.75, 3.05) is 13.2 Å². The molecule has 0 amide bonds. The van der Waals surface area contributed by atoms with Crippen LogP contribution in [-0.4, -0.2) is 34.8 Å². The monoisotopic (exact) mass is 335 g/mol. The Hall–Kier alpha value is -2.36. The Kier molecular flexibility index (Phi) is 7.43. The van der Waals surface area contributed by atoms with Crippen molar-refractivity contribution in [1.29, 1.82) is 5.26 Å². The summed E-state index contributed by atoms with van der Waals surface area (Å²) in [5, 5.41) is 9.37. The number of ether oxygens (including phenoxy) is 3. The van der Waals surface area contributed by atoms with Gasteiger partial charge >= 0.3 is 5.97 Å². The van der Waals surface area contributed by atoms with Crippen molar-refractivity contribution in [3.8, 4) is 17.8 Å². The van der Waals surface area contributed by atoms with Crippen molar-refractivity contribution in [2.24, 2.45) is 0 Å². The number of aromatic nitrogens is 2. The maximum Gasteiger partial charge on any atom is 0.331 e. The van der Waals surface area contributed by atoms with Crippen molar-refractivity contribution in [2.45, 2.75) is 59.0 Å². The molecule has 7 nitrogen and oxygen atoms in total. The van der Waals surface area contributed by atoms with Crippen LogP contribution in [0.15, 0.2) is 6.07 Å². The molecule has 1 aromatic heterocycles. The van der Waals surface area contributed by atoms with Gasteiger partial charge in [0.05, 0.1) is 25.3 Å². The Morgan fingerprint density at radius 1 is 1.17 bits per heavy atom. The molecule has 7 heteroatoms. The van der Waals surface area contributed by atoms with Gasteiger partial charge in [0.1, 0.15) is 5.60 Å². The predicted molar refractivity (Wildman–Crippen MR) is 87.8 cm³/mol. The summed E-state index contributed by atoms with van der Waals surface area (Å²) in [5.41, 5.74) is -0.704. The van der Waals surface area contributed by atoms with E-state index in [1.165, 1.54) is 0 Å². The molecule has 0 aromatic carbocycles. The summed E-state index contributed by atoms with van der Waals surface area (Å²) in [6.07, 6.45) is 1.61. The molecule has 132 valence electrons. The van der Waals surface area contributed by atoms with E-state index in [-0.39, 0.29) is 17.6 Å². The zero-order valence-electron chi connectivity index (χ0n) is 15.0. The fraction of sp³-hybridized carbons (Fsp3) is 0.647. The maximum atomic E-state index is 12.2. The predicted octanol–water partition coefficient (Wildman–Crippen LogP) is 3.00. The SMILES string of the molecule is CCCOc1cc(OCCC)nc(C(C#N)C(=O)OC(C)(C)C)n1. The van der Waals surface area contributed by atoms with Gasteiger partial charge < -0.3 is 14.2 Å². The van der Waals surface area contributed by atoms with Crippen LogP contribution in [0.1, 0.15) is 59.2 Å². The molecule has 1 aromatic rings. The summed E-state index contributed by atoms with van der Waals surface area (Å²) >= 11 is 0. The Morgan fingerprint density at radius 2 is 1.67 bits per heavy atom. The van der Waals surface area contributed by atoms with Crippen molar-refractivity contribution < 1.29 is 19.0 Å². The lowest BCUT2D eigenvalue weighted by atomic mass is 10.1. The topological polar surface area (TPSA) is 94.3 Å². The van der Waals surface area contributed by atoms with Gasteiger partial charge in [-0.15, -0.1) is 0 Å². The molecule has 1 atom stereocenters. The van der Waals surface area contributed by atoms with Crippen LogP contribution in [0, 0.1) is 11.3 Å². The number of rotatable bonds is 8. The summed E-state index contributed by atoms with van der Waals surface area (Å²) in [5.74, 6) is -1.36. The molecule has 24 heavy (non-hydrogen) atoms. The van der Waals surface area contributed by atoms with Crippen LogP contribution in [-0.2, 0) is 9.53 Å². The zero-order valence-corrected chi connectivity index (χ0v) is 15.0. The second-order valence-corrected chi connectivity index (χ2v) is 6.20. The number of carbonyl (C=O) groups is 1. The number of nitrogens with zero attached hydrogens (tertiary/aromatic N) is 3. The van der Waals surface area contributed by atoms with E-state index in [1.54, 1.807) is 26.8 Å². The first-order valence-electron chi connectivity index (χ1n) is 8.07. The summed E-state index contributed by atoms with van der Waals surface area (Å²) in [7, 11) is 0. The quantitative estimate of drug-likeness (QED) is 0.674. The van der Waals surface area contributed by atoms with Gasteiger partial charge in [-0.2, -0.15) is 15.2 Å². The fourth-order valence-electron chi connectivity index (χ4n) is 1.69. The van der Waals surface area contributed by atoms with Crippen molar-refractivity contribution in [1.82, 2.24) is 9.97 Å². The molecule has 1 unspecified atom stereocenters. The molecule has 0 bridgehead atoms. The smallest absolute Gasteiger partial charge is 0.331 e. The lowest BCUT2D eigenvalue weighted by Gasteiger charge is -2.21. The molecular formula is C17H25N3O4. The van der Waals surface area contributed by atoms with E-state index >= 15 is 0 Å². The highest BCUT2D eigenvalue weighted by atomic mass is 16.6. The molecule has 0 spiro atoms. The molecule has 0 aliphatic carbocycles. The first kappa shape index (κ1) is 19.7. The zero-order chi connectivity index (χ0) is 18.2. The number of carbonyl (C=O) groups excluding carboxylic acids is 1. The molecule has 1 heterocycles. The normalized spacial score (nSPS) is 12.2. The van der Waals surface area contributed by atoms with Crippen molar-refractivity contribution in [3.05, 3.63) is 11.9 Å². The van der Waals surface area contributed by atoms with E-state index in [1.807, 2.05) is 19.9 Å². The number of esters is 1. The molecule has 0 aliphatic rings. The largest absolute Gasteiger partial charge is 0.477 e. The number of nitriles is 1. The van der Waals surface area contributed by atoms with Crippen LogP contribution < -0.4 is 9.47 Å². The van der Waals surface area contributed by atoms with Crippen molar-refractivity contribution >= 4 is 5.97 Å². The molecule has 0 saturated carbocycles. The van der Waals surface area contributed by atoms with E-state index in [0.717, 1.165) is 12.8 Å². The van der Waals surface area contributed by atoms with Gasteiger partial charge in [0, 0.05) is 0 Å². The summed E-state index contributed by atoms with van der Waals surface area (Å²) < 4.78 is 16.3. The van der Waals surface area contributed by atoms with Gasteiger partial charge in [-0.3, -0.25) is 4.79 Å². The van der Waals surface area contributed by atoms with Crippen LogP contribution in [0.3, 0.4) is 0 Å². The first-order chi connectivity index (χ1) is 11.3. The first-order valence-corrected chi connectivity index (χ1v) is 8.07. The second kappa shape index (κ2) is 9.06. The summed E-state index contributed by atoms with van der Waals surface area (Å²) in [6, 6.07) is 3.45. The highest BCUT2D eigenvalue weighted by Gasteiger charge is 2.30. The van der Waals surface area contributed by atoms with Crippen LogP contribution in [0.25, 0.3) is 0 Å². The molecule has 0 aliphatic heterocycles. The molecule has 0 radical (unpaired) electrons. The van der Waals surface area contributed by atoms with E-state index < -0.39 is 17.5 Å². The maximum absolute atomic E-state index is 12.2. The van der Waals surface area contributed by atoms with Gasteiger partial charge in [0.2, 0.25) is 17.7 Å². The van der Waals surface area contributed by atoms with Crippen LogP contribution in [0.2, 0.25) is 0 Å². The third-order valence-electron chi connectivity index (χ3n) is 2.63. The van der Waals surface area contributed by atoms with Crippen LogP contribution in [0.4, 0.5) is 0 Å². The highest BCUT2D eigenvalue weighted by Crippen LogP contribution is 2.23. The third-order valence-corrected chi connectivity index (χ3v) is 2.63. The number of hydrogen-bond acceptors (Lipinski definition) is 7. The third kappa shape index (κ3) is 6.41. The minimum Gasteiger partial charge on any atom is -0.477 e. The van der Waals surface area contributed by atoms with E-state index in [9.17, 15) is 10.1 Å². The second-order valence-electron chi connectivity index (χ2n) is 6.20. The van der Waals surface area contributed by atoms with Gasteiger partial charge in [0.25, 0.3) is 0 Å². The van der Waals surface area contributed by atoms with Gasteiger partial charge in [-0.05, 0) is 33.6 Å². The van der Waals surface area contributed by atoms with Gasteiger partial charge in [-0.1, -0.05) is 13.8 Å². The Balaban J connectivity index is 3.12. The molecule has 1 rings (SSSR count). The van der Waals surface area contributed by atoms with E-state index in [0.29, 0.717) is 13.2 Å². The number of hydrogen-bond donors (Lipinski definition) is 0. The average Bonchev–Trinajstić information content (AvgIpc) is 2.49. The van der Waals surface area contributed by atoms with Crippen LogP contribution >= 0.6 is 0 Å². The average molecular weight is 335 g/mol. The lowest BCUT2D eigenvalue weighted by molar-refractivity contribution is -0.155. The van der Waals surface area contributed by atoms with Crippen LogP contribution in [0.5, 0.6) is 11.8 Å². The molecular weight excluding hydrogens is 310 g/mol. The standard InChI is InChI=1S/C17H25N3O4/c1-6-8-22-13-10-14(23-9-7-2)20-15(19-13)12(11-18)16(21)24-17(3,4)5/h10,12H,6-9H2,1-5H3. The van der Waals surface area contributed by atoms with E-state index in [4.69, 9.17) is 14.2 Å². The molecule has 0 saturated heterocycles.